The maximum Gasteiger partial charge on any atom is 0.0262 e. The van der Waals surface area contributed by atoms with Gasteiger partial charge in [-0.3, -0.25) is 4.90 Å². The van der Waals surface area contributed by atoms with E-state index in [0.717, 1.165) is 0 Å². The van der Waals surface area contributed by atoms with Gasteiger partial charge in [-0.1, -0.05) is 48.5 Å². The van der Waals surface area contributed by atoms with Gasteiger partial charge < -0.3 is 0 Å². The van der Waals surface area contributed by atoms with Crippen LogP contribution in [-0.4, -0.2) is 23.0 Å². The summed E-state index contributed by atoms with van der Waals surface area (Å²) < 4.78 is 0. The molecule has 0 aliphatic heterocycles. The zero-order chi connectivity index (χ0) is 16.0. The summed E-state index contributed by atoms with van der Waals surface area (Å²) in [6, 6.07) is 0. The fraction of sp³-hybridized carbons (Fsp3) is 1.00. The maximum atomic E-state index is 2.77. The Labute approximate surface area is 129 Å². The van der Waals surface area contributed by atoms with Crippen LogP contribution in [0.5, 0.6) is 0 Å². The Bertz CT molecular complexity index is 249. The van der Waals surface area contributed by atoms with Crippen molar-refractivity contribution in [1.82, 2.24) is 4.90 Å². The molecule has 0 aromatic heterocycles. The lowest BCUT2D eigenvalue weighted by Crippen LogP contribution is -2.64. The molecule has 0 bridgehead atoms. The zero-order valence-corrected chi connectivity index (χ0v) is 15.9. The lowest BCUT2D eigenvalue weighted by molar-refractivity contribution is -0.0941. The van der Waals surface area contributed by atoms with Crippen molar-refractivity contribution in [3.63, 3.8) is 0 Å². The molecular weight excluding hydrogens is 242 g/mol. The fourth-order valence-electron chi connectivity index (χ4n) is 4.81. The first kappa shape index (κ1) is 20.0. The van der Waals surface area contributed by atoms with Gasteiger partial charge in [-0.2, -0.15) is 0 Å². The molecule has 0 aliphatic rings. The molecule has 0 aromatic rings. The second-order valence-electron chi connectivity index (χ2n) is 6.84. The predicted octanol–water partition coefficient (Wildman–Crippen LogP) is 6.27. The third-order valence-corrected chi connectivity index (χ3v) is 7.16. The Kier molecular flexibility index (Phi) is 7.81. The molecule has 0 aliphatic carbocycles. The average molecular weight is 284 g/mol. The summed E-state index contributed by atoms with van der Waals surface area (Å²) in [5.74, 6) is 0. The number of rotatable bonds is 10. The van der Waals surface area contributed by atoms with Crippen molar-refractivity contribution in [3.05, 3.63) is 0 Å². The molecule has 0 spiro atoms. The van der Waals surface area contributed by atoms with Gasteiger partial charge in [0.1, 0.15) is 0 Å². The summed E-state index contributed by atoms with van der Waals surface area (Å²) in [4.78, 5) is 2.77. The van der Waals surface area contributed by atoms with Gasteiger partial charge in [0.15, 0.2) is 0 Å². The van der Waals surface area contributed by atoms with Gasteiger partial charge in [-0.05, 0) is 64.3 Å². The van der Waals surface area contributed by atoms with Crippen molar-refractivity contribution in [2.24, 2.45) is 5.41 Å². The Morgan fingerprint density at radius 1 is 0.600 bits per heavy atom. The van der Waals surface area contributed by atoms with Crippen LogP contribution < -0.4 is 0 Å². The van der Waals surface area contributed by atoms with Gasteiger partial charge in [-0.15, -0.1) is 0 Å². The van der Waals surface area contributed by atoms with E-state index in [-0.39, 0.29) is 0 Å². The van der Waals surface area contributed by atoms with Crippen LogP contribution in [0.15, 0.2) is 0 Å². The minimum absolute atomic E-state index is 0.316. The first-order valence-electron chi connectivity index (χ1n) is 9.07. The van der Waals surface area contributed by atoms with Crippen LogP contribution in [0.1, 0.15) is 100 Å². The van der Waals surface area contributed by atoms with E-state index in [1.54, 1.807) is 0 Å². The summed E-state index contributed by atoms with van der Waals surface area (Å²) in [6.07, 6.45) is 8.83. The summed E-state index contributed by atoms with van der Waals surface area (Å²) in [5, 5.41) is 0. The Balaban J connectivity index is 5.94. The lowest BCUT2D eigenvalue weighted by Gasteiger charge is -2.60. The van der Waals surface area contributed by atoms with Gasteiger partial charge in [-0.25, -0.2) is 0 Å². The van der Waals surface area contributed by atoms with E-state index < -0.39 is 0 Å². The van der Waals surface area contributed by atoms with Crippen molar-refractivity contribution < 1.29 is 0 Å². The minimum Gasteiger partial charge on any atom is -0.295 e. The van der Waals surface area contributed by atoms with Gasteiger partial charge in [0, 0.05) is 11.1 Å². The molecule has 1 heteroatoms. The number of hydrogen-bond donors (Lipinski definition) is 0. The molecule has 0 radical (unpaired) electrons. The highest BCUT2D eigenvalue weighted by molar-refractivity contribution is 5.06. The fourth-order valence-corrected chi connectivity index (χ4v) is 4.81. The van der Waals surface area contributed by atoms with Gasteiger partial charge in [0.2, 0.25) is 0 Å². The second kappa shape index (κ2) is 7.82. The highest BCUT2D eigenvalue weighted by Gasteiger charge is 2.51. The Morgan fingerprint density at radius 3 is 1.15 bits per heavy atom. The molecule has 0 amide bonds. The minimum atomic E-state index is 0.316. The van der Waals surface area contributed by atoms with E-state index in [4.69, 9.17) is 0 Å². The average Bonchev–Trinajstić information content (AvgIpc) is 2.51. The van der Waals surface area contributed by atoms with Crippen LogP contribution in [0, 0.1) is 5.41 Å². The van der Waals surface area contributed by atoms with Crippen molar-refractivity contribution in [2.45, 2.75) is 111 Å². The largest absolute Gasteiger partial charge is 0.295 e. The SMILES string of the molecule is CCC(C)(CC)N(C)C(CC)(CC)C(CC)(CC)CC. The van der Waals surface area contributed by atoms with Gasteiger partial charge in [0.05, 0.1) is 0 Å². The molecule has 122 valence electrons. The molecule has 0 aromatic carbocycles. The molecule has 1 nitrogen and oxygen atoms in total. The molecule has 0 heterocycles. The topological polar surface area (TPSA) is 3.24 Å². The van der Waals surface area contributed by atoms with E-state index in [9.17, 15) is 0 Å². The molecule has 0 saturated heterocycles. The van der Waals surface area contributed by atoms with E-state index in [1.807, 2.05) is 0 Å². The summed E-state index contributed by atoms with van der Waals surface area (Å²) in [6.45, 7) is 19.2. The quantitative estimate of drug-likeness (QED) is 0.456. The Morgan fingerprint density at radius 2 is 0.950 bits per heavy atom. The highest BCUT2D eigenvalue weighted by atomic mass is 15.2. The molecule has 0 saturated carbocycles. The predicted molar refractivity (Wildman–Crippen MR) is 93.4 cm³/mol. The molecule has 0 fully saturated rings. The van der Waals surface area contributed by atoms with Crippen molar-refractivity contribution in [2.75, 3.05) is 7.05 Å². The maximum absolute atomic E-state index is 2.77. The van der Waals surface area contributed by atoms with Crippen LogP contribution in [0.4, 0.5) is 0 Å². The van der Waals surface area contributed by atoms with Crippen LogP contribution in [0.25, 0.3) is 0 Å². The number of nitrogens with zero attached hydrogens (tertiary/aromatic N) is 1. The molecular formula is C19H41N. The number of hydrogen-bond acceptors (Lipinski definition) is 1. The van der Waals surface area contributed by atoms with Crippen LogP contribution in [0.2, 0.25) is 0 Å². The first-order valence-corrected chi connectivity index (χ1v) is 9.07. The van der Waals surface area contributed by atoms with E-state index in [2.05, 4.69) is 67.3 Å². The second-order valence-corrected chi connectivity index (χ2v) is 6.84. The third-order valence-electron chi connectivity index (χ3n) is 7.16. The lowest BCUT2D eigenvalue weighted by atomic mass is 9.60. The van der Waals surface area contributed by atoms with E-state index in [0.29, 0.717) is 16.5 Å². The van der Waals surface area contributed by atoms with Gasteiger partial charge >= 0.3 is 0 Å². The molecule has 20 heavy (non-hydrogen) atoms. The van der Waals surface area contributed by atoms with Crippen molar-refractivity contribution in [1.29, 1.82) is 0 Å². The molecule has 0 unspecified atom stereocenters. The van der Waals surface area contributed by atoms with E-state index in [1.165, 1.54) is 44.9 Å². The summed E-state index contributed by atoms with van der Waals surface area (Å²) >= 11 is 0. The zero-order valence-electron chi connectivity index (χ0n) is 15.9. The normalized spacial score (nSPS) is 14.1. The molecule has 0 N–H and O–H groups in total. The smallest absolute Gasteiger partial charge is 0.0262 e. The van der Waals surface area contributed by atoms with Crippen LogP contribution in [-0.2, 0) is 0 Å². The first-order chi connectivity index (χ1) is 9.33. The van der Waals surface area contributed by atoms with E-state index >= 15 is 0 Å². The van der Waals surface area contributed by atoms with Crippen LogP contribution >= 0.6 is 0 Å². The van der Waals surface area contributed by atoms with Gasteiger partial charge in [0.25, 0.3) is 0 Å². The molecule has 0 rings (SSSR count). The monoisotopic (exact) mass is 283 g/mol. The van der Waals surface area contributed by atoms with Crippen molar-refractivity contribution >= 4 is 0 Å². The summed E-state index contributed by atoms with van der Waals surface area (Å²) in [7, 11) is 2.40. The third kappa shape index (κ3) is 2.93. The Hall–Kier alpha value is -0.0400. The van der Waals surface area contributed by atoms with Crippen molar-refractivity contribution in [3.8, 4) is 0 Å². The molecule has 0 atom stereocenters. The highest BCUT2D eigenvalue weighted by Crippen LogP contribution is 2.51. The van der Waals surface area contributed by atoms with Crippen LogP contribution in [0.3, 0.4) is 0 Å². The summed E-state index contributed by atoms with van der Waals surface area (Å²) in [5.41, 5.74) is 1.08. The standard InChI is InChI=1S/C19H41N/c1-10-17(8,11-2)20(9)19(15-6,16-7)18(12-3,13-4)14-5/h10-16H2,1-9H3.